The van der Waals surface area contributed by atoms with Gasteiger partial charge in [0, 0.05) is 53.2 Å². The van der Waals surface area contributed by atoms with E-state index in [2.05, 4.69) is 213 Å². The van der Waals surface area contributed by atoms with Crippen LogP contribution in [0.25, 0.3) is 104 Å². The molecule has 0 fully saturated rings. The molecule has 3 heterocycles. The van der Waals surface area contributed by atoms with Gasteiger partial charge >= 0.3 is 0 Å². The van der Waals surface area contributed by atoms with Crippen molar-refractivity contribution in [2.75, 3.05) is 0 Å². The molecule has 5 heteroatoms. The Hall–Kier alpha value is -7.21. The number of aromatic nitrogens is 4. The van der Waals surface area contributed by atoms with Crippen molar-refractivity contribution in [3.05, 3.63) is 194 Å². The van der Waals surface area contributed by atoms with Crippen LogP contribution in [0.5, 0.6) is 0 Å². The summed E-state index contributed by atoms with van der Waals surface area (Å²) in [5.41, 5.74) is 12.2. The topological polar surface area (TPSA) is 43.6 Å². The molecule has 0 aliphatic heterocycles. The first kappa shape index (κ1) is 35.9. The van der Waals surface area contributed by atoms with Gasteiger partial charge in [-0.2, -0.15) is 0 Å². The van der Waals surface area contributed by atoms with Crippen molar-refractivity contribution in [2.24, 2.45) is 0 Å². The summed E-state index contributed by atoms with van der Waals surface area (Å²) in [6.45, 7) is 6.74. The van der Waals surface area contributed by atoms with E-state index in [1.807, 2.05) is 0 Å². The number of nitrogens with zero attached hydrogens (tertiary/aromatic N) is 4. The average Bonchev–Trinajstić information content (AvgIpc) is 3.85. The Kier molecular flexibility index (Phi) is 8.54. The molecule has 60 heavy (non-hydrogen) atoms. The van der Waals surface area contributed by atoms with Gasteiger partial charge in [0.2, 0.25) is 0 Å². The third kappa shape index (κ3) is 6.09. The van der Waals surface area contributed by atoms with Gasteiger partial charge in [0.05, 0.1) is 16.7 Å². The Morgan fingerprint density at radius 3 is 1.57 bits per heavy atom. The van der Waals surface area contributed by atoms with Crippen LogP contribution in [-0.4, -0.2) is 19.5 Å². The van der Waals surface area contributed by atoms with Crippen molar-refractivity contribution in [3.63, 3.8) is 0 Å². The third-order valence-corrected chi connectivity index (χ3v) is 12.9. The highest BCUT2D eigenvalue weighted by molar-refractivity contribution is 7.26. The summed E-state index contributed by atoms with van der Waals surface area (Å²) < 4.78 is 4.81. The van der Waals surface area contributed by atoms with Crippen molar-refractivity contribution in [1.29, 1.82) is 0 Å². The summed E-state index contributed by atoms with van der Waals surface area (Å²) >= 11 is 1.79. The highest BCUT2D eigenvalue weighted by Crippen LogP contribution is 2.41. The van der Waals surface area contributed by atoms with E-state index in [9.17, 15) is 0 Å². The van der Waals surface area contributed by atoms with Gasteiger partial charge in [0.15, 0.2) is 17.5 Å². The van der Waals surface area contributed by atoms with E-state index in [0.717, 1.165) is 44.6 Å². The largest absolute Gasteiger partial charge is 0.309 e. The van der Waals surface area contributed by atoms with E-state index >= 15 is 0 Å². The highest BCUT2D eigenvalue weighted by Gasteiger charge is 2.20. The van der Waals surface area contributed by atoms with Gasteiger partial charge in [-0.25, -0.2) is 15.0 Å². The molecule has 0 bridgehead atoms. The molecule has 0 amide bonds. The van der Waals surface area contributed by atoms with E-state index in [0.29, 0.717) is 17.5 Å². The van der Waals surface area contributed by atoms with Crippen molar-refractivity contribution >= 4 is 53.3 Å². The molecular weight excluding hydrogens is 749 g/mol. The van der Waals surface area contributed by atoms with Crippen molar-refractivity contribution in [2.45, 2.75) is 26.2 Å². The lowest BCUT2D eigenvalue weighted by Crippen LogP contribution is -2.10. The van der Waals surface area contributed by atoms with E-state index in [4.69, 9.17) is 15.0 Å². The predicted octanol–water partition coefficient (Wildman–Crippen LogP) is 15.0. The first-order valence-corrected chi connectivity index (χ1v) is 21.3. The first-order valence-electron chi connectivity index (χ1n) is 20.4. The van der Waals surface area contributed by atoms with Crippen LogP contribution in [0.4, 0.5) is 0 Å². The summed E-state index contributed by atoms with van der Waals surface area (Å²) in [6, 6.07) is 67.1. The lowest BCUT2D eigenvalue weighted by molar-refractivity contribution is 0.590. The van der Waals surface area contributed by atoms with E-state index in [1.54, 1.807) is 11.3 Å². The first-order chi connectivity index (χ1) is 29.4. The Labute approximate surface area is 353 Å². The molecule has 286 valence electrons. The maximum atomic E-state index is 5.30. The van der Waals surface area contributed by atoms with Crippen LogP contribution in [0, 0.1) is 0 Å². The number of hydrogen-bond donors (Lipinski definition) is 0. The van der Waals surface area contributed by atoms with E-state index in [1.165, 1.54) is 47.5 Å². The van der Waals surface area contributed by atoms with Crippen LogP contribution in [0.1, 0.15) is 26.3 Å². The van der Waals surface area contributed by atoms with Crippen LogP contribution < -0.4 is 0 Å². The number of rotatable bonds is 6. The summed E-state index contributed by atoms with van der Waals surface area (Å²) in [4.78, 5) is 15.8. The summed E-state index contributed by atoms with van der Waals surface area (Å²) in [7, 11) is 0. The Bertz CT molecular complexity index is 3350. The van der Waals surface area contributed by atoms with Gasteiger partial charge in [0.25, 0.3) is 0 Å². The molecule has 0 aliphatic rings. The van der Waals surface area contributed by atoms with Gasteiger partial charge in [-0.1, -0.05) is 178 Å². The summed E-state index contributed by atoms with van der Waals surface area (Å²) in [5.74, 6) is 1.93. The molecule has 0 N–H and O–H groups in total. The van der Waals surface area contributed by atoms with Crippen molar-refractivity contribution in [1.82, 2.24) is 19.5 Å². The van der Waals surface area contributed by atoms with Crippen LogP contribution in [0.15, 0.2) is 188 Å². The SMILES string of the molecule is CC(C)(C)c1ccc(-c2ccccc2-c2nc(-c3ccc(-c4ccccc4-n4c5ccccc5c5ccccc54)cc3)nc(-c3cccc4c3sc3ccccc34)n2)cc1. The number of thiophene rings is 1. The lowest BCUT2D eigenvalue weighted by Gasteiger charge is -2.19. The Morgan fingerprint density at radius 2 is 0.867 bits per heavy atom. The molecule has 0 unspecified atom stereocenters. The molecule has 4 nitrogen and oxygen atoms in total. The standard InChI is InChI=1S/C55H40N4S/c1-55(2,3)38-33-31-35(32-34-38)39-15-4-5-20-45(39)53-56-52(57-54(58-53)46-22-14-21-44-43-19-9-13-26-50(43)60-51(44)46)37-29-27-36(28-30-37)40-16-6-10-23-47(40)59-48-24-11-7-17-41(48)42-18-8-12-25-49(42)59/h4-34H,1-3H3. The minimum absolute atomic E-state index is 0.0618. The lowest BCUT2D eigenvalue weighted by atomic mass is 9.86. The van der Waals surface area contributed by atoms with Crippen LogP contribution in [0.3, 0.4) is 0 Å². The molecule has 0 aliphatic carbocycles. The normalized spacial score (nSPS) is 11.9. The van der Waals surface area contributed by atoms with E-state index in [-0.39, 0.29) is 5.41 Å². The highest BCUT2D eigenvalue weighted by atomic mass is 32.1. The molecule has 3 aromatic heterocycles. The molecule has 0 saturated heterocycles. The monoisotopic (exact) mass is 788 g/mol. The van der Waals surface area contributed by atoms with Crippen LogP contribution in [-0.2, 0) is 5.41 Å². The maximum absolute atomic E-state index is 5.30. The van der Waals surface area contributed by atoms with E-state index < -0.39 is 0 Å². The van der Waals surface area contributed by atoms with Gasteiger partial charge < -0.3 is 4.57 Å². The quantitative estimate of drug-likeness (QED) is 0.169. The summed E-state index contributed by atoms with van der Waals surface area (Å²) in [5, 5.41) is 4.95. The molecule has 0 atom stereocenters. The molecule has 11 rings (SSSR count). The minimum atomic E-state index is 0.0618. The minimum Gasteiger partial charge on any atom is -0.309 e. The fourth-order valence-corrected chi connectivity index (χ4v) is 9.85. The number of hydrogen-bond acceptors (Lipinski definition) is 4. The number of para-hydroxylation sites is 3. The molecule has 0 saturated carbocycles. The van der Waals surface area contributed by atoms with Gasteiger partial charge in [-0.05, 0) is 58.0 Å². The molecule has 8 aromatic carbocycles. The maximum Gasteiger partial charge on any atom is 0.165 e. The Morgan fingerprint density at radius 1 is 0.383 bits per heavy atom. The predicted molar refractivity (Wildman–Crippen MR) is 253 cm³/mol. The molecule has 0 radical (unpaired) electrons. The van der Waals surface area contributed by atoms with Crippen molar-refractivity contribution < 1.29 is 0 Å². The molecule has 11 aromatic rings. The smallest absolute Gasteiger partial charge is 0.165 e. The van der Waals surface area contributed by atoms with Crippen LogP contribution in [0.2, 0.25) is 0 Å². The molecular formula is C55H40N4S. The average molecular weight is 789 g/mol. The van der Waals surface area contributed by atoms with Gasteiger partial charge in [-0.3, -0.25) is 0 Å². The second kappa shape index (κ2) is 14.3. The Balaban J connectivity index is 1.07. The third-order valence-electron chi connectivity index (χ3n) is 11.7. The van der Waals surface area contributed by atoms with Crippen molar-refractivity contribution in [3.8, 4) is 62.1 Å². The second-order valence-corrected chi connectivity index (χ2v) is 17.5. The van der Waals surface area contributed by atoms with Crippen LogP contribution >= 0.6 is 11.3 Å². The zero-order valence-corrected chi connectivity index (χ0v) is 34.4. The zero-order chi connectivity index (χ0) is 40.4. The fraction of sp³-hybridized carbons (Fsp3) is 0.0727. The fourth-order valence-electron chi connectivity index (χ4n) is 8.64. The zero-order valence-electron chi connectivity index (χ0n) is 33.6. The van der Waals surface area contributed by atoms with Gasteiger partial charge in [-0.15, -0.1) is 11.3 Å². The van der Waals surface area contributed by atoms with Gasteiger partial charge in [0.1, 0.15) is 0 Å². The molecule has 0 spiro atoms. The number of benzene rings is 8. The number of fused-ring (bicyclic) bond motifs is 6. The summed E-state index contributed by atoms with van der Waals surface area (Å²) in [6.07, 6.45) is 0. The second-order valence-electron chi connectivity index (χ2n) is 16.4.